The van der Waals surface area contributed by atoms with Crippen LogP contribution in [0.3, 0.4) is 0 Å². The van der Waals surface area contributed by atoms with E-state index in [-0.39, 0.29) is 12.3 Å². The van der Waals surface area contributed by atoms with E-state index in [0.29, 0.717) is 11.3 Å². The molecule has 0 aliphatic carbocycles. The SMILES string of the molecule is COc1ccc(C(C)CC(=O)O)c(F)c1. The molecule has 0 spiro atoms. The number of carboxylic acids is 1. The molecule has 15 heavy (non-hydrogen) atoms. The molecule has 0 bridgehead atoms. The van der Waals surface area contributed by atoms with Gasteiger partial charge < -0.3 is 9.84 Å². The van der Waals surface area contributed by atoms with Crippen LogP contribution in [0.2, 0.25) is 0 Å². The van der Waals surface area contributed by atoms with Gasteiger partial charge in [-0.3, -0.25) is 4.79 Å². The third kappa shape index (κ3) is 2.94. The van der Waals surface area contributed by atoms with Crippen LogP contribution in [0.25, 0.3) is 0 Å². The van der Waals surface area contributed by atoms with Gasteiger partial charge in [0.25, 0.3) is 0 Å². The van der Waals surface area contributed by atoms with Gasteiger partial charge in [0.2, 0.25) is 0 Å². The van der Waals surface area contributed by atoms with Crippen molar-refractivity contribution < 1.29 is 19.0 Å². The van der Waals surface area contributed by atoms with E-state index in [1.54, 1.807) is 19.1 Å². The van der Waals surface area contributed by atoms with Crippen LogP contribution in [0, 0.1) is 5.82 Å². The van der Waals surface area contributed by atoms with Crippen molar-refractivity contribution in [3.63, 3.8) is 0 Å². The Morgan fingerprint density at radius 3 is 2.73 bits per heavy atom. The Bertz CT molecular complexity index is 363. The molecule has 1 rings (SSSR count). The predicted octanol–water partition coefficient (Wildman–Crippen LogP) is 2.41. The van der Waals surface area contributed by atoms with Crippen LogP contribution in [0.5, 0.6) is 5.75 Å². The molecule has 3 nitrogen and oxygen atoms in total. The van der Waals surface area contributed by atoms with Gasteiger partial charge in [0.15, 0.2) is 0 Å². The Kier molecular flexibility index (Phi) is 3.66. The van der Waals surface area contributed by atoms with Crippen LogP contribution in [0.4, 0.5) is 4.39 Å². The summed E-state index contributed by atoms with van der Waals surface area (Å²) >= 11 is 0. The Morgan fingerprint density at radius 1 is 1.60 bits per heavy atom. The highest BCUT2D eigenvalue weighted by atomic mass is 19.1. The van der Waals surface area contributed by atoms with Gasteiger partial charge in [-0.2, -0.15) is 0 Å². The zero-order valence-corrected chi connectivity index (χ0v) is 8.66. The van der Waals surface area contributed by atoms with Crippen molar-refractivity contribution in [1.82, 2.24) is 0 Å². The lowest BCUT2D eigenvalue weighted by Gasteiger charge is -2.11. The molecule has 0 heterocycles. The van der Waals surface area contributed by atoms with Gasteiger partial charge in [-0.05, 0) is 17.5 Å². The van der Waals surface area contributed by atoms with E-state index in [2.05, 4.69) is 0 Å². The lowest BCUT2D eigenvalue weighted by atomic mass is 9.97. The number of ether oxygens (including phenoxy) is 1. The minimum atomic E-state index is -0.933. The summed E-state index contributed by atoms with van der Waals surface area (Å²) in [5.41, 5.74) is 0.401. The highest BCUT2D eigenvalue weighted by molar-refractivity contribution is 5.68. The Hall–Kier alpha value is -1.58. The number of halogens is 1. The molecular weight excluding hydrogens is 199 g/mol. The zero-order valence-electron chi connectivity index (χ0n) is 8.66. The van der Waals surface area contributed by atoms with E-state index in [4.69, 9.17) is 9.84 Å². The molecule has 1 unspecified atom stereocenters. The molecule has 0 saturated carbocycles. The molecule has 82 valence electrons. The summed E-state index contributed by atoms with van der Waals surface area (Å²) in [5.74, 6) is -1.27. The molecule has 0 aliphatic rings. The second-order valence-corrected chi connectivity index (χ2v) is 3.39. The number of hydrogen-bond donors (Lipinski definition) is 1. The first-order valence-corrected chi connectivity index (χ1v) is 4.59. The van der Waals surface area contributed by atoms with Gasteiger partial charge in [0.05, 0.1) is 13.5 Å². The van der Waals surface area contributed by atoms with Crippen molar-refractivity contribution in [2.45, 2.75) is 19.3 Å². The maximum Gasteiger partial charge on any atom is 0.303 e. The number of hydrogen-bond acceptors (Lipinski definition) is 2. The normalized spacial score (nSPS) is 12.2. The average molecular weight is 212 g/mol. The lowest BCUT2D eigenvalue weighted by molar-refractivity contribution is -0.137. The second-order valence-electron chi connectivity index (χ2n) is 3.39. The molecule has 1 N–H and O–H groups in total. The van der Waals surface area contributed by atoms with Crippen molar-refractivity contribution in [2.24, 2.45) is 0 Å². The average Bonchev–Trinajstić information content (AvgIpc) is 2.16. The van der Waals surface area contributed by atoms with Crippen LogP contribution in [-0.4, -0.2) is 18.2 Å². The second kappa shape index (κ2) is 4.77. The molecule has 0 fully saturated rings. The molecule has 0 aromatic heterocycles. The molecule has 4 heteroatoms. The third-order valence-electron chi connectivity index (χ3n) is 2.22. The number of benzene rings is 1. The first-order valence-electron chi connectivity index (χ1n) is 4.59. The Morgan fingerprint density at radius 2 is 2.27 bits per heavy atom. The van der Waals surface area contributed by atoms with Crippen molar-refractivity contribution in [3.8, 4) is 5.75 Å². The fraction of sp³-hybridized carbons (Fsp3) is 0.364. The minimum Gasteiger partial charge on any atom is -0.497 e. The molecule has 1 atom stereocenters. The van der Waals surface area contributed by atoms with E-state index in [9.17, 15) is 9.18 Å². The number of rotatable bonds is 4. The largest absolute Gasteiger partial charge is 0.497 e. The summed E-state index contributed by atoms with van der Waals surface area (Å²) < 4.78 is 18.3. The van der Waals surface area contributed by atoms with Crippen LogP contribution >= 0.6 is 0 Å². The Labute approximate surface area is 87.5 Å². The molecule has 0 amide bonds. The standard InChI is InChI=1S/C11H13FO3/c1-7(5-11(13)14)9-4-3-8(15-2)6-10(9)12/h3-4,6-7H,5H2,1-2H3,(H,13,14). The van der Waals surface area contributed by atoms with Crippen molar-refractivity contribution in [1.29, 1.82) is 0 Å². The first-order chi connectivity index (χ1) is 7.04. The number of carboxylic acid groups (broad SMARTS) is 1. The van der Waals surface area contributed by atoms with E-state index < -0.39 is 11.8 Å². The fourth-order valence-electron chi connectivity index (χ4n) is 1.41. The molecule has 1 aromatic rings. The summed E-state index contributed by atoms with van der Waals surface area (Å²) in [5, 5.41) is 8.59. The predicted molar refractivity (Wildman–Crippen MR) is 53.6 cm³/mol. The van der Waals surface area contributed by atoms with Crippen LogP contribution in [0.15, 0.2) is 18.2 Å². The summed E-state index contributed by atoms with van der Waals surface area (Å²) in [6, 6.07) is 4.44. The quantitative estimate of drug-likeness (QED) is 0.833. The zero-order chi connectivity index (χ0) is 11.4. The van der Waals surface area contributed by atoms with Crippen LogP contribution in [0.1, 0.15) is 24.8 Å². The van der Waals surface area contributed by atoms with Crippen molar-refractivity contribution >= 4 is 5.97 Å². The highest BCUT2D eigenvalue weighted by Gasteiger charge is 2.14. The van der Waals surface area contributed by atoms with Crippen LogP contribution < -0.4 is 4.74 Å². The van der Waals surface area contributed by atoms with E-state index in [1.807, 2.05) is 0 Å². The molecular formula is C11H13FO3. The van der Waals surface area contributed by atoms with Gasteiger partial charge in [-0.1, -0.05) is 13.0 Å². The summed E-state index contributed by atoms with van der Waals surface area (Å²) in [6.45, 7) is 1.68. The van der Waals surface area contributed by atoms with Crippen molar-refractivity contribution in [2.75, 3.05) is 7.11 Å². The van der Waals surface area contributed by atoms with E-state index in [0.717, 1.165) is 0 Å². The monoisotopic (exact) mass is 212 g/mol. The first kappa shape index (κ1) is 11.5. The van der Waals surface area contributed by atoms with Gasteiger partial charge >= 0.3 is 5.97 Å². The topological polar surface area (TPSA) is 46.5 Å². The van der Waals surface area contributed by atoms with Gasteiger partial charge in [-0.25, -0.2) is 4.39 Å². The lowest BCUT2D eigenvalue weighted by Crippen LogP contribution is -2.04. The summed E-state index contributed by atoms with van der Waals surface area (Å²) in [7, 11) is 1.45. The minimum absolute atomic E-state index is 0.0801. The van der Waals surface area contributed by atoms with Crippen molar-refractivity contribution in [3.05, 3.63) is 29.6 Å². The maximum atomic E-state index is 13.5. The summed E-state index contributed by atoms with van der Waals surface area (Å²) in [4.78, 5) is 10.5. The van der Waals surface area contributed by atoms with E-state index >= 15 is 0 Å². The smallest absolute Gasteiger partial charge is 0.303 e. The molecule has 0 aliphatic heterocycles. The number of carbonyl (C=O) groups is 1. The molecule has 0 saturated heterocycles. The third-order valence-corrected chi connectivity index (χ3v) is 2.22. The van der Waals surface area contributed by atoms with Gasteiger partial charge in [0.1, 0.15) is 11.6 Å². The van der Waals surface area contributed by atoms with Crippen LogP contribution in [-0.2, 0) is 4.79 Å². The highest BCUT2D eigenvalue weighted by Crippen LogP contribution is 2.25. The molecule has 1 aromatic carbocycles. The molecule has 0 radical (unpaired) electrons. The summed E-state index contributed by atoms with van der Waals surface area (Å²) in [6.07, 6.45) is -0.0801. The van der Waals surface area contributed by atoms with Gasteiger partial charge in [0, 0.05) is 6.07 Å². The Balaban J connectivity index is 2.90. The fourth-order valence-corrected chi connectivity index (χ4v) is 1.41. The maximum absolute atomic E-state index is 13.5. The number of aliphatic carboxylic acids is 1. The number of methoxy groups -OCH3 is 1. The van der Waals surface area contributed by atoms with E-state index in [1.165, 1.54) is 13.2 Å². The van der Waals surface area contributed by atoms with Gasteiger partial charge in [-0.15, -0.1) is 0 Å².